The molecule has 1 aliphatic rings. The van der Waals surface area contributed by atoms with Gasteiger partial charge in [0.1, 0.15) is 5.82 Å². The van der Waals surface area contributed by atoms with Crippen molar-refractivity contribution in [3.63, 3.8) is 0 Å². The molecule has 1 fully saturated rings. The van der Waals surface area contributed by atoms with E-state index >= 15 is 0 Å². The molecule has 0 spiro atoms. The number of hydrogen-bond acceptors (Lipinski definition) is 3. The van der Waals surface area contributed by atoms with Gasteiger partial charge in [-0.25, -0.2) is 12.8 Å². The highest BCUT2D eigenvalue weighted by atomic mass is 35.5. The summed E-state index contributed by atoms with van der Waals surface area (Å²) in [6.45, 7) is 2.39. The highest BCUT2D eigenvalue weighted by Crippen LogP contribution is 2.23. The van der Waals surface area contributed by atoms with Crippen LogP contribution in [0.25, 0.3) is 0 Å². The lowest BCUT2D eigenvalue weighted by atomic mass is 10.2. The minimum atomic E-state index is -3.69. The summed E-state index contributed by atoms with van der Waals surface area (Å²) < 4.78 is 40.1. The molecule has 0 unspecified atom stereocenters. The lowest BCUT2D eigenvalue weighted by molar-refractivity contribution is 0.347. The van der Waals surface area contributed by atoms with Gasteiger partial charge in [-0.15, -0.1) is 11.6 Å². The Morgan fingerprint density at radius 2 is 2.00 bits per heavy atom. The van der Waals surface area contributed by atoms with E-state index in [2.05, 4.69) is 4.90 Å². The second-order valence-corrected chi connectivity index (χ2v) is 7.12. The lowest BCUT2D eigenvalue weighted by Crippen LogP contribution is -2.35. The van der Waals surface area contributed by atoms with Crippen molar-refractivity contribution < 1.29 is 12.8 Å². The van der Waals surface area contributed by atoms with Crippen LogP contribution in [0.5, 0.6) is 0 Å². The molecule has 1 aromatic carbocycles. The zero-order chi connectivity index (χ0) is 14.8. The minimum Gasteiger partial charge on any atom is -0.305 e. The summed E-state index contributed by atoms with van der Waals surface area (Å²) in [6, 6.07) is 3.72. The molecule has 0 aromatic heterocycles. The van der Waals surface area contributed by atoms with Crippen molar-refractivity contribution in [2.24, 2.45) is 0 Å². The molecule has 2 rings (SSSR count). The molecule has 0 N–H and O–H groups in total. The van der Waals surface area contributed by atoms with Gasteiger partial charge in [-0.3, -0.25) is 0 Å². The predicted molar refractivity (Wildman–Crippen MR) is 76.8 cm³/mol. The van der Waals surface area contributed by atoms with Crippen LogP contribution in [0.15, 0.2) is 23.1 Å². The van der Waals surface area contributed by atoms with E-state index in [9.17, 15) is 12.8 Å². The van der Waals surface area contributed by atoms with Crippen molar-refractivity contribution in [1.82, 2.24) is 9.21 Å². The van der Waals surface area contributed by atoms with Crippen molar-refractivity contribution >= 4 is 21.6 Å². The van der Waals surface area contributed by atoms with Gasteiger partial charge in [0.25, 0.3) is 0 Å². The number of alkyl halides is 1. The van der Waals surface area contributed by atoms with E-state index in [-0.39, 0.29) is 10.8 Å². The van der Waals surface area contributed by atoms with Gasteiger partial charge in [0.2, 0.25) is 10.0 Å². The lowest BCUT2D eigenvalue weighted by Gasteiger charge is -2.21. The number of nitrogens with zero attached hydrogens (tertiary/aromatic N) is 2. The van der Waals surface area contributed by atoms with Gasteiger partial charge in [0.15, 0.2) is 0 Å². The molecule has 1 aliphatic heterocycles. The molecule has 0 bridgehead atoms. The second-order valence-electron chi connectivity index (χ2n) is 4.95. The van der Waals surface area contributed by atoms with Gasteiger partial charge >= 0.3 is 0 Å². The summed E-state index contributed by atoms with van der Waals surface area (Å²) >= 11 is 5.77. The predicted octanol–water partition coefficient (Wildman–Crippen LogP) is 1.89. The fourth-order valence-corrected chi connectivity index (χ4v) is 4.30. The molecule has 0 aliphatic carbocycles. The van der Waals surface area contributed by atoms with Crippen LogP contribution in [-0.4, -0.2) is 50.8 Å². The maximum atomic E-state index is 13.4. The molecule has 4 nitrogen and oxygen atoms in total. The molecule has 7 heteroatoms. The van der Waals surface area contributed by atoms with Crippen molar-refractivity contribution in [2.75, 3.05) is 33.2 Å². The van der Waals surface area contributed by atoms with E-state index in [1.165, 1.54) is 16.4 Å². The smallest absolute Gasteiger partial charge is 0.243 e. The Morgan fingerprint density at radius 3 is 2.70 bits per heavy atom. The van der Waals surface area contributed by atoms with E-state index in [4.69, 9.17) is 11.6 Å². The van der Waals surface area contributed by atoms with E-state index < -0.39 is 15.8 Å². The number of hydrogen-bond donors (Lipinski definition) is 0. The van der Waals surface area contributed by atoms with E-state index in [0.717, 1.165) is 19.0 Å². The van der Waals surface area contributed by atoms with Gasteiger partial charge < -0.3 is 4.90 Å². The summed E-state index contributed by atoms with van der Waals surface area (Å²) in [5.41, 5.74) is 0.436. The molecular weight excluding hydrogens is 303 g/mol. The third-order valence-electron chi connectivity index (χ3n) is 3.47. The molecule has 20 heavy (non-hydrogen) atoms. The van der Waals surface area contributed by atoms with Gasteiger partial charge in [0, 0.05) is 25.5 Å². The van der Waals surface area contributed by atoms with Crippen LogP contribution < -0.4 is 0 Å². The molecule has 1 aromatic rings. The monoisotopic (exact) mass is 320 g/mol. The summed E-state index contributed by atoms with van der Waals surface area (Å²) in [4.78, 5) is 2.07. The number of halogens is 2. The van der Waals surface area contributed by atoms with Crippen molar-refractivity contribution in [2.45, 2.75) is 17.2 Å². The van der Waals surface area contributed by atoms with Gasteiger partial charge in [-0.1, -0.05) is 6.07 Å². The number of likely N-dealkylation sites (N-methyl/N-ethyl adjacent to an activating group) is 1. The summed E-state index contributed by atoms with van der Waals surface area (Å²) in [5, 5.41) is 0. The third-order valence-corrected chi connectivity index (χ3v) is 5.74. The quantitative estimate of drug-likeness (QED) is 0.799. The minimum absolute atomic E-state index is 0.0166. The molecule has 1 saturated heterocycles. The standard InChI is InChI=1S/C13H18ClFN2O2S/c1-16-5-2-6-17(8-7-16)20(18,19)13-9-12(15)4-3-11(13)10-14/h3-4,9H,2,5-8,10H2,1H3. The van der Waals surface area contributed by atoms with Crippen LogP contribution >= 0.6 is 11.6 Å². The first-order valence-corrected chi connectivity index (χ1v) is 8.45. The molecule has 0 saturated carbocycles. The fraction of sp³-hybridized carbons (Fsp3) is 0.538. The Balaban J connectivity index is 2.36. The fourth-order valence-electron chi connectivity index (χ4n) is 2.28. The highest BCUT2D eigenvalue weighted by Gasteiger charge is 2.28. The number of benzene rings is 1. The Kier molecular flexibility index (Phi) is 5.01. The Labute approximate surface area is 124 Å². The molecule has 0 radical (unpaired) electrons. The largest absolute Gasteiger partial charge is 0.305 e. The van der Waals surface area contributed by atoms with Crippen LogP contribution in [0.1, 0.15) is 12.0 Å². The number of sulfonamides is 1. The zero-order valence-corrected chi connectivity index (χ0v) is 12.9. The van der Waals surface area contributed by atoms with Crippen LogP contribution in [0, 0.1) is 5.82 Å². The van der Waals surface area contributed by atoms with Crippen LogP contribution in [0.2, 0.25) is 0 Å². The average molecular weight is 321 g/mol. The van der Waals surface area contributed by atoms with Crippen molar-refractivity contribution in [1.29, 1.82) is 0 Å². The third kappa shape index (κ3) is 3.31. The van der Waals surface area contributed by atoms with Crippen molar-refractivity contribution in [3.8, 4) is 0 Å². The maximum Gasteiger partial charge on any atom is 0.243 e. The van der Waals surface area contributed by atoms with Crippen LogP contribution in [0.3, 0.4) is 0 Å². The normalized spacial score (nSPS) is 18.9. The molecule has 1 heterocycles. The maximum absolute atomic E-state index is 13.4. The Hall–Kier alpha value is -0.690. The summed E-state index contributed by atoms with van der Waals surface area (Å²) in [7, 11) is -1.73. The Bertz CT molecular complexity index is 580. The zero-order valence-electron chi connectivity index (χ0n) is 11.3. The van der Waals surface area contributed by atoms with Gasteiger partial charge in [0.05, 0.1) is 4.90 Å². The molecule has 0 atom stereocenters. The van der Waals surface area contributed by atoms with E-state index in [0.29, 0.717) is 25.2 Å². The molecular formula is C13H18ClFN2O2S. The molecule has 112 valence electrons. The summed E-state index contributed by atoms with van der Waals surface area (Å²) in [6.07, 6.45) is 0.765. The highest BCUT2D eigenvalue weighted by molar-refractivity contribution is 7.89. The SMILES string of the molecule is CN1CCCN(S(=O)(=O)c2cc(F)ccc2CCl)CC1. The van der Waals surface area contributed by atoms with Gasteiger partial charge in [-0.05, 0) is 37.7 Å². The first-order chi connectivity index (χ1) is 9.45. The van der Waals surface area contributed by atoms with Gasteiger partial charge in [-0.2, -0.15) is 4.31 Å². The first-order valence-electron chi connectivity index (χ1n) is 6.48. The molecule has 0 amide bonds. The first kappa shape index (κ1) is 15.7. The van der Waals surface area contributed by atoms with Crippen LogP contribution in [-0.2, 0) is 15.9 Å². The average Bonchev–Trinajstić information content (AvgIpc) is 2.64. The Morgan fingerprint density at radius 1 is 1.25 bits per heavy atom. The number of rotatable bonds is 3. The van der Waals surface area contributed by atoms with Crippen molar-refractivity contribution in [3.05, 3.63) is 29.6 Å². The van der Waals surface area contributed by atoms with Crippen LogP contribution in [0.4, 0.5) is 4.39 Å². The summed E-state index contributed by atoms with van der Waals surface area (Å²) in [5.74, 6) is -0.521. The second kappa shape index (κ2) is 6.39. The van der Waals surface area contributed by atoms with E-state index in [1.54, 1.807) is 0 Å². The topological polar surface area (TPSA) is 40.6 Å². The van der Waals surface area contributed by atoms with E-state index in [1.807, 2.05) is 7.05 Å².